The Balaban J connectivity index is 0. The first-order chi connectivity index (χ1) is 8.55. The molecule has 0 N–H and O–H groups in total. The Morgan fingerprint density at radius 1 is 1.00 bits per heavy atom. The van der Waals surface area contributed by atoms with Gasteiger partial charge >= 0.3 is 0 Å². The van der Waals surface area contributed by atoms with Gasteiger partial charge in [-0.05, 0) is 36.5 Å². The van der Waals surface area contributed by atoms with E-state index >= 15 is 0 Å². The van der Waals surface area contributed by atoms with Crippen LogP contribution in [0, 0.1) is 5.92 Å². The summed E-state index contributed by atoms with van der Waals surface area (Å²) in [6.45, 7) is 6.02. The number of carbonyl (C=O) groups is 2. The molecule has 0 rings (SSSR count). The van der Waals surface area contributed by atoms with Gasteiger partial charge in [-0.15, -0.1) is 0 Å². The van der Waals surface area contributed by atoms with Gasteiger partial charge in [0.25, 0.3) is 0 Å². The maximum atomic E-state index is 10.3. The minimum Gasteiger partial charge on any atom is -0.298 e. The van der Waals surface area contributed by atoms with E-state index in [4.69, 9.17) is 0 Å². The molecule has 0 saturated carbocycles. The van der Waals surface area contributed by atoms with E-state index in [1.165, 1.54) is 0 Å². The van der Waals surface area contributed by atoms with Gasteiger partial charge in [0.05, 0.1) is 0 Å². The second-order valence-electron chi connectivity index (χ2n) is 3.95. The molecule has 0 aromatic heterocycles. The molecule has 0 atom stereocenters. The molecular weight excluding hydrogens is 264 g/mol. The lowest BCUT2D eigenvalue weighted by Gasteiger charge is -1.98. The van der Waals surface area contributed by atoms with Crippen LogP contribution in [0.5, 0.6) is 0 Å². The average molecular weight is 288 g/mol. The summed E-state index contributed by atoms with van der Waals surface area (Å²) in [6.07, 6.45) is 9.66. The molecule has 0 radical (unpaired) electrons. The zero-order chi connectivity index (χ0) is 14.4. The van der Waals surface area contributed by atoms with Gasteiger partial charge in [-0.2, -0.15) is 23.5 Å². The van der Waals surface area contributed by atoms with E-state index in [0.717, 1.165) is 35.2 Å². The Morgan fingerprint density at radius 3 is 1.67 bits per heavy atom. The van der Waals surface area contributed by atoms with Gasteiger partial charge in [-0.1, -0.05) is 26.0 Å². The fraction of sp³-hybridized carbons (Fsp3) is 0.571. The fourth-order valence-corrected chi connectivity index (χ4v) is 2.13. The quantitative estimate of drug-likeness (QED) is 0.529. The van der Waals surface area contributed by atoms with E-state index in [2.05, 4.69) is 13.8 Å². The van der Waals surface area contributed by atoms with Gasteiger partial charge in [0, 0.05) is 11.5 Å². The number of hydrogen-bond acceptors (Lipinski definition) is 4. The first kappa shape index (κ1) is 19.9. The molecule has 0 aromatic rings. The molecule has 0 amide bonds. The molecule has 0 aliphatic heterocycles. The second-order valence-corrected chi connectivity index (χ2v) is 5.68. The summed E-state index contributed by atoms with van der Waals surface area (Å²) >= 11 is 3.34. The maximum absolute atomic E-state index is 10.3. The fourth-order valence-electron chi connectivity index (χ4n) is 1.07. The van der Waals surface area contributed by atoms with Gasteiger partial charge in [0.2, 0.25) is 0 Å². The standard InChI is InChI=1S/C8H14OS.C6H10OS/c1-7(2)4-8(5-9)6-10-3;1-3-6(4-7)5-8-2/h4-5,7H,6H2,1-3H3;3-4H,5H2,1-2H3. The Morgan fingerprint density at radius 2 is 1.44 bits per heavy atom. The number of thioether (sulfide) groups is 2. The summed E-state index contributed by atoms with van der Waals surface area (Å²) in [6, 6.07) is 0. The first-order valence-corrected chi connectivity index (χ1v) is 8.58. The molecule has 0 aliphatic carbocycles. The van der Waals surface area contributed by atoms with Gasteiger partial charge in [0.15, 0.2) is 0 Å². The van der Waals surface area contributed by atoms with Crippen molar-refractivity contribution in [2.75, 3.05) is 24.0 Å². The summed E-state index contributed by atoms with van der Waals surface area (Å²) in [4.78, 5) is 20.4. The molecule has 0 fully saturated rings. The van der Waals surface area contributed by atoms with Crippen LogP contribution in [0.15, 0.2) is 23.3 Å². The van der Waals surface area contributed by atoms with Crippen molar-refractivity contribution >= 4 is 36.1 Å². The number of rotatable bonds is 7. The molecule has 0 bridgehead atoms. The lowest BCUT2D eigenvalue weighted by molar-refractivity contribution is -0.105. The summed E-state index contributed by atoms with van der Waals surface area (Å²) in [5.41, 5.74) is 1.78. The van der Waals surface area contributed by atoms with E-state index in [0.29, 0.717) is 5.92 Å². The molecular formula is C14H24O2S2. The zero-order valence-corrected chi connectivity index (χ0v) is 13.6. The van der Waals surface area contributed by atoms with Crippen LogP contribution in [0.1, 0.15) is 20.8 Å². The molecule has 18 heavy (non-hydrogen) atoms. The molecule has 0 aromatic carbocycles. The highest BCUT2D eigenvalue weighted by Crippen LogP contribution is 2.05. The first-order valence-electron chi connectivity index (χ1n) is 5.79. The van der Waals surface area contributed by atoms with E-state index < -0.39 is 0 Å². The monoisotopic (exact) mass is 288 g/mol. The molecule has 0 heterocycles. The largest absolute Gasteiger partial charge is 0.298 e. The Bertz CT molecular complexity index is 282. The van der Waals surface area contributed by atoms with E-state index in [1.807, 2.05) is 31.6 Å². The van der Waals surface area contributed by atoms with E-state index in [1.54, 1.807) is 23.5 Å². The number of aldehydes is 2. The van der Waals surface area contributed by atoms with Crippen LogP contribution in [-0.4, -0.2) is 36.6 Å². The van der Waals surface area contributed by atoms with Crippen LogP contribution >= 0.6 is 23.5 Å². The smallest absolute Gasteiger partial charge is 0.146 e. The highest BCUT2D eigenvalue weighted by atomic mass is 32.2. The Labute approximate surface area is 120 Å². The van der Waals surface area contributed by atoms with Crippen molar-refractivity contribution in [3.63, 3.8) is 0 Å². The highest BCUT2D eigenvalue weighted by Gasteiger charge is 1.94. The van der Waals surface area contributed by atoms with E-state index in [-0.39, 0.29) is 0 Å². The van der Waals surface area contributed by atoms with Gasteiger partial charge in [-0.3, -0.25) is 9.59 Å². The summed E-state index contributed by atoms with van der Waals surface area (Å²) in [5, 5.41) is 0. The zero-order valence-electron chi connectivity index (χ0n) is 11.9. The van der Waals surface area contributed by atoms with Crippen molar-refractivity contribution in [2.24, 2.45) is 5.92 Å². The number of hydrogen-bond donors (Lipinski definition) is 0. The highest BCUT2D eigenvalue weighted by molar-refractivity contribution is 7.99. The van der Waals surface area contributed by atoms with E-state index in [9.17, 15) is 9.59 Å². The third-order valence-corrected chi connectivity index (χ3v) is 3.09. The van der Waals surface area contributed by atoms with Crippen molar-refractivity contribution in [3.8, 4) is 0 Å². The lowest BCUT2D eigenvalue weighted by Crippen LogP contribution is -1.91. The molecule has 0 spiro atoms. The van der Waals surface area contributed by atoms with Crippen LogP contribution in [0.4, 0.5) is 0 Å². The van der Waals surface area contributed by atoms with Crippen LogP contribution in [0.3, 0.4) is 0 Å². The number of allylic oxidation sites excluding steroid dienone is 2. The normalized spacial score (nSPS) is 11.9. The SMILES string of the molecule is CC=C(C=O)CSC.CSCC(C=O)=CC(C)C. The molecule has 4 heteroatoms. The maximum Gasteiger partial charge on any atom is 0.146 e. The number of carbonyl (C=O) groups excluding carboxylic acids is 2. The topological polar surface area (TPSA) is 34.1 Å². The molecule has 0 saturated heterocycles. The summed E-state index contributed by atoms with van der Waals surface area (Å²) in [5.74, 6) is 2.15. The Kier molecular flexibility index (Phi) is 16.1. The minimum atomic E-state index is 0.479. The summed E-state index contributed by atoms with van der Waals surface area (Å²) in [7, 11) is 0. The third-order valence-electron chi connectivity index (χ3n) is 1.84. The average Bonchev–Trinajstić information content (AvgIpc) is 2.35. The van der Waals surface area contributed by atoms with Crippen LogP contribution in [-0.2, 0) is 9.59 Å². The third kappa shape index (κ3) is 13.6. The van der Waals surface area contributed by atoms with Gasteiger partial charge in [-0.25, -0.2) is 0 Å². The molecule has 2 nitrogen and oxygen atoms in total. The van der Waals surface area contributed by atoms with Gasteiger partial charge in [0.1, 0.15) is 12.6 Å². The van der Waals surface area contributed by atoms with Crippen molar-refractivity contribution in [2.45, 2.75) is 20.8 Å². The predicted octanol–water partition coefficient (Wildman–Crippen LogP) is 3.63. The van der Waals surface area contributed by atoms with Crippen molar-refractivity contribution < 1.29 is 9.59 Å². The summed E-state index contributed by atoms with van der Waals surface area (Å²) < 4.78 is 0. The van der Waals surface area contributed by atoms with Crippen molar-refractivity contribution in [1.82, 2.24) is 0 Å². The molecule has 104 valence electrons. The molecule has 0 aliphatic rings. The lowest BCUT2D eigenvalue weighted by atomic mass is 10.1. The van der Waals surface area contributed by atoms with Crippen LogP contribution in [0.2, 0.25) is 0 Å². The van der Waals surface area contributed by atoms with Crippen molar-refractivity contribution in [1.29, 1.82) is 0 Å². The van der Waals surface area contributed by atoms with Gasteiger partial charge < -0.3 is 0 Å². The minimum absolute atomic E-state index is 0.479. The second kappa shape index (κ2) is 14.6. The Hall–Kier alpha value is -0.480. The van der Waals surface area contributed by atoms with Crippen molar-refractivity contribution in [3.05, 3.63) is 23.3 Å². The molecule has 0 unspecified atom stereocenters. The van der Waals surface area contributed by atoms with Crippen LogP contribution in [0.25, 0.3) is 0 Å². The van der Waals surface area contributed by atoms with Crippen LogP contribution < -0.4 is 0 Å². The predicted molar refractivity (Wildman–Crippen MR) is 85.6 cm³/mol.